The second-order valence-corrected chi connectivity index (χ2v) is 5.19. The van der Waals surface area contributed by atoms with Gasteiger partial charge in [0.1, 0.15) is 0 Å². The standard InChI is InChI=1S/C13H15N3O3.ClH/c1-7-8(3-2-4-11(7)16(18)19)13(17)15-12-9-5-14-6-10(9)12;/h2-4,9-10,12,14H,5-6H2,1H3,(H,15,17);1H. The van der Waals surface area contributed by atoms with Crippen molar-refractivity contribution in [3.8, 4) is 0 Å². The van der Waals surface area contributed by atoms with Crippen molar-refractivity contribution in [3.63, 3.8) is 0 Å². The molecular formula is C13H16ClN3O3. The number of hydrogen-bond donors (Lipinski definition) is 2. The number of rotatable bonds is 3. The van der Waals surface area contributed by atoms with Crippen LogP contribution in [0.4, 0.5) is 5.69 Å². The van der Waals surface area contributed by atoms with Crippen molar-refractivity contribution >= 4 is 24.0 Å². The lowest BCUT2D eigenvalue weighted by atomic mass is 10.1. The molecule has 1 amide bonds. The first-order chi connectivity index (χ1) is 9.09. The van der Waals surface area contributed by atoms with E-state index in [1.807, 2.05) is 0 Å². The van der Waals surface area contributed by atoms with Crippen LogP contribution in [0.5, 0.6) is 0 Å². The summed E-state index contributed by atoms with van der Waals surface area (Å²) in [5, 5.41) is 17.1. The monoisotopic (exact) mass is 297 g/mol. The van der Waals surface area contributed by atoms with Crippen molar-refractivity contribution in [1.82, 2.24) is 10.6 Å². The molecule has 20 heavy (non-hydrogen) atoms. The van der Waals surface area contributed by atoms with Crippen molar-refractivity contribution in [2.45, 2.75) is 13.0 Å². The quantitative estimate of drug-likeness (QED) is 0.650. The lowest BCUT2D eigenvalue weighted by molar-refractivity contribution is -0.385. The number of fused-ring (bicyclic) bond motifs is 1. The van der Waals surface area contributed by atoms with Gasteiger partial charge in [0.25, 0.3) is 11.6 Å². The molecule has 2 unspecified atom stereocenters. The minimum absolute atomic E-state index is 0. The SMILES string of the molecule is Cc1c(C(=O)NC2C3CNCC32)cccc1[N+](=O)[O-].Cl. The zero-order valence-electron chi connectivity index (χ0n) is 11.0. The fraction of sp³-hybridized carbons (Fsp3) is 0.462. The number of halogens is 1. The van der Waals surface area contributed by atoms with E-state index in [0.717, 1.165) is 13.1 Å². The van der Waals surface area contributed by atoms with Gasteiger partial charge in [-0.1, -0.05) is 6.07 Å². The molecule has 3 rings (SSSR count). The van der Waals surface area contributed by atoms with Gasteiger partial charge in [-0.25, -0.2) is 0 Å². The average molecular weight is 298 g/mol. The number of carbonyl (C=O) groups is 1. The number of nitro benzene ring substituents is 1. The molecule has 2 atom stereocenters. The van der Waals surface area contributed by atoms with Gasteiger partial charge in [-0.15, -0.1) is 12.4 Å². The van der Waals surface area contributed by atoms with Gasteiger partial charge in [0.2, 0.25) is 0 Å². The maximum Gasteiger partial charge on any atom is 0.273 e. The Morgan fingerprint density at radius 3 is 2.65 bits per heavy atom. The summed E-state index contributed by atoms with van der Waals surface area (Å²) >= 11 is 0. The highest BCUT2D eigenvalue weighted by Gasteiger charge is 2.53. The average Bonchev–Trinajstić information content (AvgIpc) is 2.82. The second-order valence-electron chi connectivity index (χ2n) is 5.19. The predicted molar refractivity (Wildman–Crippen MR) is 76.2 cm³/mol. The van der Waals surface area contributed by atoms with Crippen molar-refractivity contribution in [1.29, 1.82) is 0 Å². The minimum atomic E-state index is -0.456. The third kappa shape index (κ3) is 2.36. The molecule has 108 valence electrons. The van der Waals surface area contributed by atoms with Gasteiger partial charge in [0.15, 0.2) is 0 Å². The molecule has 2 fully saturated rings. The first-order valence-corrected chi connectivity index (χ1v) is 6.35. The van der Waals surface area contributed by atoms with Gasteiger partial charge in [-0.3, -0.25) is 14.9 Å². The fourth-order valence-corrected chi connectivity index (χ4v) is 2.93. The molecule has 1 aliphatic carbocycles. The molecule has 2 aliphatic rings. The Balaban J connectivity index is 0.00000147. The van der Waals surface area contributed by atoms with Gasteiger partial charge in [0, 0.05) is 36.3 Å². The Kier molecular flexibility index (Phi) is 3.96. The molecule has 1 aliphatic heterocycles. The number of nitrogens with zero attached hydrogens (tertiary/aromatic N) is 1. The molecule has 7 heteroatoms. The van der Waals surface area contributed by atoms with E-state index >= 15 is 0 Å². The summed E-state index contributed by atoms with van der Waals surface area (Å²) in [7, 11) is 0. The van der Waals surface area contributed by atoms with Crippen LogP contribution < -0.4 is 10.6 Å². The Bertz CT molecular complexity index is 554. The highest BCUT2D eigenvalue weighted by atomic mass is 35.5. The van der Waals surface area contributed by atoms with Gasteiger partial charge in [-0.05, 0) is 24.8 Å². The lowest BCUT2D eigenvalue weighted by Crippen LogP contribution is -2.32. The van der Waals surface area contributed by atoms with Crippen LogP contribution in [0.25, 0.3) is 0 Å². The molecule has 1 aromatic rings. The van der Waals surface area contributed by atoms with Crippen LogP contribution in [0, 0.1) is 28.9 Å². The summed E-state index contributed by atoms with van der Waals surface area (Å²) < 4.78 is 0. The Morgan fingerprint density at radius 1 is 1.40 bits per heavy atom. The maximum atomic E-state index is 12.2. The highest BCUT2D eigenvalue weighted by molar-refractivity contribution is 5.97. The van der Waals surface area contributed by atoms with E-state index in [1.54, 1.807) is 19.1 Å². The van der Waals surface area contributed by atoms with E-state index in [-0.39, 0.29) is 30.0 Å². The molecule has 0 bridgehead atoms. The molecule has 0 spiro atoms. The zero-order chi connectivity index (χ0) is 13.6. The van der Waals surface area contributed by atoms with Crippen LogP contribution in [0.15, 0.2) is 18.2 Å². The molecule has 0 aromatic heterocycles. The van der Waals surface area contributed by atoms with Gasteiger partial charge in [-0.2, -0.15) is 0 Å². The summed E-state index contributed by atoms with van der Waals surface area (Å²) in [6.45, 7) is 3.51. The molecule has 1 heterocycles. The van der Waals surface area contributed by atoms with Crippen molar-refractivity contribution < 1.29 is 9.72 Å². The number of benzene rings is 1. The molecule has 1 saturated carbocycles. The molecule has 1 saturated heterocycles. The van der Waals surface area contributed by atoms with Gasteiger partial charge in [0.05, 0.1) is 4.92 Å². The predicted octanol–water partition coefficient (Wildman–Crippen LogP) is 1.27. The number of piperidine rings is 1. The number of carbonyl (C=O) groups excluding carboxylic acids is 1. The van der Waals surface area contributed by atoms with E-state index < -0.39 is 4.92 Å². The highest BCUT2D eigenvalue weighted by Crippen LogP contribution is 2.41. The molecule has 1 aromatic carbocycles. The zero-order valence-corrected chi connectivity index (χ0v) is 11.8. The van der Waals surface area contributed by atoms with Crippen LogP contribution in [0.1, 0.15) is 15.9 Å². The first kappa shape index (κ1) is 14.7. The summed E-state index contributed by atoms with van der Waals surface area (Å²) in [6.07, 6.45) is 0. The normalized spacial score (nSPS) is 26.4. The van der Waals surface area contributed by atoms with Crippen LogP contribution in [0.3, 0.4) is 0 Å². The maximum absolute atomic E-state index is 12.2. The number of nitro groups is 1. The Labute approximate surface area is 122 Å². The van der Waals surface area contributed by atoms with Crippen LogP contribution >= 0.6 is 12.4 Å². The minimum Gasteiger partial charge on any atom is -0.349 e. The summed E-state index contributed by atoms with van der Waals surface area (Å²) in [5.41, 5.74) is 0.811. The molecular weight excluding hydrogens is 282 g/mol. The summed E-state index contributed by atoms with van der Waals surface area (Å²) in [4.78, 5) is 22.6. The smallest absolute Gasteiger partial charge is 0.273 e. The van der Waals surface area contributed by atoms with E-state index in [0.29, 0.717) is 23.0 Å². The lowest BCUT2D eigenvalue weighted by Gasteiger charge is -2.09. The third-order valence-corrected chi connectivity index (χ3v) is 4.14. The first-order valence-electron chi connectivity index (χ1n) is 6.35. The van der Waals surface area contributed by atoms with Crippen molar-refractivity contribution in [3.05, 3.63) is 39.4 Å². The van der Waals surface area contributed by atoms with Gasteiger partial charge < -0.3 is 10.6 Å². The summed E-state index contributed by atoms with van der Waals surface area (Å²) in [5.74, 6) is 0.853. The molecule has 2 N–H and O–H groups in total. The van der Waals surface area contributed by atoms with Gasteiger partial charge >= 0.3 is 0 Å². The van der Waals surface area contributed by atoms with Crippen LogP contribution in [-0.2, 0) is 0 Å². The number of nitrogens with one attached hydrogen (secondary N) is 2. The van der Waals surface area contributed by atoms with E-state index in [2.05, 4.69) is 10.6 Å². The van der Waals surface area contributed by atoms with Crippen molar-refractivity contribution in [2.24, 2.45) is 11.8 Å². The largest absolute Gasteiger partial charge is 0.349 e. The number of hydrogen-bond acceptors (Lipinski definition) is 4. The van der Waals surface area contributed by atoms with Crippen molar-refractivity contribution in [2.75, 3.05) is 13.1 Å². The topological polar surface area (TPSA) is 84.3 Å². The summed E-state index contributed by atoms with van der Waals surface area (Å²) in [6, 6.07) is 4.83. The second kappa shape index (κ2) is 5.38. The van der Waals surface area contributed by atoms with E-state index in [4.69, 9.17) is 0 Å². The van der Waals surface area contributed by atoms with Crippen LogP contribution in [-0.4, -0.2) is 30.0 Å². The third-order valence-electron chi connectivity index (χ3n) is 4.14. The molecule has 6 nitrogen and oxygen atoms in total. The number of amides is 1. The van der Waals surface area contributed by atoms with E-state index in [9.17, 15) is 14.9 Å². The Hall–Kier alpha value is -1.66. The van der Waals surface area contributed by atoms with E-state index in [1.165, 1.54) is 6.07 Å². The molecule has 0 radical (unpaired) electrons. The Morgan fingerprint density at radius 2 is 2.05 bits per heavy atom. The van der Waals surface area contributed by atoms with Crippen LogP contribution in [0.2, 0.25) is 0 Å². The fourth-order valence-electron chi connectivity index (χ4n) is 2.93.